The lowest BCUT2D eigenvalue weighted by Gasteiger charge is -2.21. The second-order valence-corrected chi connectivity index (χ2v) is 8.35. The Kier molecular flexibility index (Phi) is 7.13. The number of hydrogen-bond donors (Lipinski definition) is 1. The molecule has 0 radical (unpaired) electrons. The quantitative estimate of drug-likeness (QED) is 0.255. The number of benzene rings is 2. The SMILES string of the molecule is CN(c1ccc(Oc2cccc(-c3cnco3)c2)c(Cl)c1)c1ncnc2ccn(CCOCCO)c12. The van der Waals surface area contributed by atoms with E-state index in [0.29, 0.717) is 42.0 Å². The van der Waals surface area contributed by atoms with Crippen molar-refractivity contribution >= 4 is 34.1 Å². The molecule has 36 heavy (non-hydrogen) atoms. The summed E-state index contributed by atoms with van der Waals surface area (Å²) in [5.74, 6) is 2.55. The summed E-state index contributed by atoms with van der Waals surface area (Å²) < 4.78 is 18.9. The number of halogens is 1. The zero-order valence-electron chi connectivity index (χ0n) is 19.5. The Morgan fingerprint density at radius 1 is 1.11 bits per heavy atom. The number of rotatable bonds is 10. The van der Waals surface area contributed by atoms with Gasteiger partial charge in [0.2, 0.25) is 0 Å². The predicted octanol–water partition coefficient (Wildman–Crippen LogP) is 5.31. The zero-order chi connectivity index (χ0) is 24.9. The minimum atomic E-state index is -0.00309. The van der Waals surface area contributed by atoms with E-state index in [9.17, 15) is 0 Å². The fourth-order valence-corrected chi connectivity index (χ4v) is 4.09. The fraction of sp³-hybridized carbons (Fsp3) is 0.192. The maximum atomic E-state index is 8.93. The van der Waals surface area contributed by atoms with E-state index in [1.807, 2.05) is 71.2 Å². The second kappa shape index (κ2) is 10.8. The molecular formula is C26H24ClN5O4. The number of ether oxygens (including phenoxy) is 2. The van der Waals surface area contributed by atoms with Crippen molar-refractivity contribution in [1.29, 1.82) is 0 Å². The molecule has 0 aliphatic rings. The lowest BCUT2D eigenvalue weighted by Crippen LogP contribution is -2.14. The molecule has 0 fully saturated rings. The van der Waals surface area contributed by atoms with Crippen molar-refractivity contribution < 1.29 is 19.0 Å². The Hall–Kier alpha value is -3.92. The minimum Gasteiger partial charge on any atom is -0.456 e. The maximum absolute atomic E-state index is 8.93. The first-order valence-corrected chi connectivity index (χ1v) is 11.7. The monoisotopic (exact) mass is 505 g/mol. The van der Waals surface area contributed by atoms with Gasteiger partial charge in [-0.15, -0.1) is 0 Å². The molecule has 0 unspecified atom stereocenters. The van der Waals surface area contributed by atoms with Gasteiger partial charge >= 0.3 is 0 Å². The summed E-state index contributed by atoms with van der Waals surface area (Å²) in [5.41, 5.74) is 3.40. The van der Waals surface area contributed by atoms with Gasteiger partial charge in [0.15, 0.2) is 18.0 Å². The first-order valence-electron chi connectivity index (χ1n) is 11.3. The van der Waals surface area contributed by atoms with E-state index in [2.05, 4.69) is 15.0 Å². The van der Waals surface area contributed by atoms with E-state index in [0.717, 1.165) is 28.1 Å². The molecule has 0 aliphatic carbocycles. The Labute approximate surface area is 212 Å². The number of fused-ring (bicyclic) bond motifs is 1. The maximum Gasteiger partial charge on any atom is 0.181 e. The van der Waals surface area contributed by atoms with Crippen LogP contribution in [0.25, 0.3) is 22.4 Å². The number of aromatic nitrogens is 4. The normalized spacial score (nSPS) is 11.2. The predicted molar refractivity (Wildman–Crippen MR) is 137 cm³/mol. The number of nitrogens with zero attached hydrogens (tertiary/aromatic N) is 5. The largest absolute Gasteiger partial charge is 0.456 e. The molecule has 0 aliphatic heterocycles. The van der Waals surface area contributed by atoms with Gasteiger partial charge in [0.1, 0.15) is 23.3 Å². The Morgan fingerprint density at radius 2 is 2.03 bits per heavy atom. The number of hydrogen-bond acceptors (Lipinski definition) is 8. The van der Waals surface area contributed by atoms with Gasteiger partial charge < -0.3 is 28.5 Å². The molecule has 1 N–H and O–H groups in total. The lowest BCUT2D eigenvalue weighted by molar-refractivity contribution is 0.0875. The summed E-state index contributed by atoms with van der Waals surface area (Å²) in [6.45, 7) is 1.38. The van der Waals surface area contributed by atoms with Crippen LogP contribution in [0.3, 0.4) is 0 Å². The second-order valence-electron chi connectivity index (χ2n) is 7.95. The lowest BCUT2D eigenvalue weighted by atomic mass is 10.2. The number of anilines is 2. The third kappa shape index (κ3) is 5.03. The van der Waals surface area contributed by atoms with Crippen LogP contribution >= 0.6 is 11.6 Å². The van der Waals surface area contributed by atoms with Crippen LogP contribution in [0.4, 0.5) is 11.5 Å². The molecule has 5 aromatic rings. The number of aliphatic hydroxyl groups excluding tert-OH is 1. The van der Waals surface area contributed by atoms with Gasteiger partial charge in [0, 0.05) is 31.0 Å². The molecule has 9 nitrogen and oxygen atoms in total. The van der Waals surface area contributed by atoms with E-state index >= 15 is 0 Å². The number of aliphatic hydroxyl groups is 1. The standard InChI is InChI=1S/C26H24ClN5O4/c1-31(26-25-22(29-16-30-26)7-8-32(25)9-11-34-12-10-33)19-5-6-23(21(27)14-19)36-20-4-2-3-18(13-20)24-15-28-17-35-24/h2-8,13-17,33H,9-12H2,1H3. The average Bonchev–Trinajstić information content (AvgIpc) is 3.58. The van der Waals surface area contributed by atoms with Gasteiger partial charge in [0.25, 0.3) is 0 Å². The molecule has 0 atom stereocenters. The Morgan fingerprint density at radius 3 is 2.83 bits per heavy atom. The van der Waals surface area contributed by atoms with Crippen LogP contribution in [0.1, 0.15) is 0 Å². The summed E-state index contributed by atoms with van der Waals surface area (Å²) in [7, 11) is 1.93. The molecule has 184 valence electrons. The highest BCUT2D eigenvalue weighted by Crippen LogP contribution is 2.36. The molecule has 2 aromatic carbocycles. The van der Waals surface area contributed by atoms with Crippen molar-refractivity contribution in [3.8, 4) is 22.8 Å². The molecule has 0 bridgehead atoms. The van der Waals surface area contributed by atoms with Crippen molar-refractivity contribution in [3.63, 3.8) is 0 Å². The van der Waals surface area contributed by atoms with Crippen molar-refractivity contribution in [2.45, 2.75) is 6.54 Å². The molecule has 3 aromatic heterocycles. The summed E-state index contributed by atoms with van der Waals surface area (Å²) >= 11 is 6.62. The third-order valence-corrected chi connectivity index (χ3v) is 5.94. The van der Waals surface area contributed by atoms with Crippen molar-refractivity contribution in [2.75, 3.05) is 31.8 Å². The topological polar surface area (TPSA) is 98.7 Å². The Balaban J connectivity index is 1.37. The van der Waals surface area contributed by atoms with E-state index in [1.54, 1.807) is 12.5 Å². The highest BCUT2D eigenvalue weighted by molar-refractivity contribution is 6.32. The van der Waals surface area contributed by atoms with E-state index in [-0.39, 0.29) is 6.61 Å². The van der Waals surface area contributed by atoms with Crippen molar-refractivity contribution in [1.82, 2.24) is 19.5 Å². The van der Waals surface area contributed by atoms with Gasteiger partial charge in [-0.25, -0.2) is 15.0 Å². The smallest absolute Gasteiger partial charge is 0.181 e. The van der Waals surface area contributed by atoms with Crippen LogP contribution in [0.5, 0.6) is 11.5 Å². The molecule has 0 saturated carbocycles. The first-order chi connectivity index (χ1) is 17.6. The highest BCUT2D eigenvalue weighted by Gasteiger charge is 2.16. The van der Waals surface area contributed by atoms with Crippen LogP contribution < -0.4 is 9.64 Å². The molecule has 0 spiro atoms. The van der Waals surface area contributed by atoms with Crippen molar-refractivity contribution in [2.24, 2.45) is 0 Å². The number of oxazole rings is 1. The van der Waals surface area contributed by atoms with Crippen molar-refractivity contribution in [3.05, 3.63) is 78.7 Å². The molecule has 10 heteroatoms. The van der Waals surface area contributed by atoms with E-state index in [1.165, 1.54) is 6.39 Å². The van der Waals surface area contributed by atoms with Gasteiger partial charge in [-0.05, 0) is 36.4 Å². The molecule has 0 saturated heterocycles. The minimum absolute atomic E-state index is 0.00309. The van der Waals surface area contributed by atoms with Gasteiger partial charge in [-0.2, -0.15) is 0 Å². The average molecular weight is 506 g/mol. The van der Waals surface area contributed by atoms with Crippen LogP contribution in [0, 0.1) is 0 Å². The van der Waals surface area contributed by atoms with Gasteiger partial charge in [0.05, 0.1) is 36.6 Å². The summed E-state index contributed by atoms with van der Waals surface area (Å²) in [4.78, 5) is 14.8. The third-order valence-electron chi connectivity index (χ3n) is 5.64. The molecule has 0 amide bonds. The van der Waals surface area contributed by atoms with Crippen LogP contribution in [-0.2, 0) is 11.3 Å². The van der Waals surface area contributed by atoms with Crippen LogP contribution in [0.2, 0.25) is 5.02 Å². The zero-order valence-corrected chi connectivity index (χ0v) is 20.3. The van der Waals surface area contributed by atoms with E-state index in [4.69, 9.17) is 30.6 Å². The highest BCUT2D eigenvalue weighted by atomic mass is 35.5. The molecule has 5 rings (SSSR count). The Bertz CT molecular complexity index is 1450. The summed E-state index contributed by atoms with van der Waals surface area (Å²) in [5, 5.41) is 9.39. The van der Waals surface area contributed by atoms with E-state index < -0.39 is 0 Å². The van der Waals surface area contributed by atoms with Gasteiger partial charge in [-0.3, -0.25) is 0 Å². The van der Waals surface area contributed by atoms with Crippen LogP contribution in [-0.4, -0.2) is 51.5 Å². The molecule has 3 heterocycles. The first kappa shape index (κ1) is 23.8. The summed E-state index contributed by atoms with van der Waals surface area (Å²) in [6.07, 6.45) is 6.54. The summed E-state index contributed by atoms with van der Waals surface area (Å²) in [6, 6.07) is 15.1. The van der Waals surface area contributed by atoms with Gasteiger partial charge in [-0.1, -0.05) is 23.7 Å². The van der Waals surface area contributed by atoms with Crippen LogP contribution in [0.15, 0.2) is 78.1 Å². The fourth-order valence-electron chi connectivity index (χ4n) is 3.88. The molecular weight excluding hydrogens is 482 g/mol.